The van der Waals surface area contributed by atoms with Gasteiger partial charge in [0.1, 0.15) is 5.60 Å². The second-order valence-corrected chi connectivity index (χ2v) is 12.0. The predicted octanol–water partition coefficient (Wildman–Crippen LogP) is 5.12. The van der Waals surface area contributed by atoms with E-state index in [0.717, 1.165) is 37.1 Å². The topological polar surface area (TPSA) is 70.1 Å². The van der Waals surface area contributed by atoms with Gasteiger partial charge in [-0.05, 0) is 56.2 Å². The lowest BCUT2D eigenvalue weighted by Crippen LogP contribution is -2.51. The number of hydrogen-bond acceptors (Lipinski definition) is 4. The summed E-state index contributed by atoms with van der Waals surface area (Å²) in [5.74, 6) is 0.479. The Hall–Kier alpha value is -2.22. The summed E-state index contributed by atoms with van der Waals surface area (Å²) >= 11 is 0. The average molecular weight is 499 g/mol. The Morgan fingerprint density at radius 3 is 2.26 bits per heavy atom. The van der Waals surface area contributed by atoms with Crippen molar-refractivity contribution in [1.29, 1.82) is 0 Å². The van der Waals surface area contributed by atoms with Gasteiger partial charge in [0.05, 0.1) is 22.6 Å². The molecule has 2 saturated heterocycles. The summed E-state index contributed by atoms with van der Waals surface area (Å²) in [6.45, 7) is 7.83. The Kier molecular flexibility index (Phi) is 7.69. The molecule has 7 heteroatoms. The second kappa shape index (κ2) is 10.4. The number of hydrogen-bond donors (Lipinski definition) is 1. The van der Waals surface area contributed by atoms with Crippen molar-refractivity contribution in [2.75, 3.05) is 25.9 Å². The first-order valence-electron chi connectivity index (χ1n) is 12.5. The molecule has 2 aromatic carbocycles. The number of cyclic esters (lactones) is 1. The largest absolute Gasteiger partial charge is 0.438 e. The van der Waals surface area contributed by atoms with Crippen LogP contribution in [0.25, 0.3) is 0 Å². The summed E-state index contributed by atoms with van der Waals surface area (Å²) in [5, 5.41) is 10.6. The van der Waals surface area contributed by atoms with Gasteiger partial charge in [0, 0.05) is 38.7 Å². The molecule has 2 aliphatic heterocycles. The number of benzene rings is 2. The van der Waals surface area contributed by atoms with E-state index >= 15 is 0 Å². The summed E-state index contributed by atoms with van der Waals surface area (Å²) in [5.41, 5.74) is 1.49. The van der Waals surface area contributed by atoms with Crippen molar-refractivity contribution in [2.45, 2.75) is 69.6 Å². The van der Waals surface area contributed by atoms with E-state index in [1.807, 2.05) is 41.6 Å². The van der Waals surface area contributed by atoms with Crippen LogP contribution in [0.4, 0.5) is 4.79 Å². The molecule has 1 N–H and O–H groups in total. The summed E-state index contributed by atoms with van der Waals surface area (Å²) in [6.07, 6.45) is 4.38. The molecule has 1 unspecified atom stereocenters. The monoisotopic (exact) mass is 498 g/mol. The number of aliphatic hydroxyl groups is 1. The molecule has 2 fully saturated rings. The third-order valence-electron chi connectivity index (χ3n) is 7.47. The van der Waals surface area contributed by atoms with E-state index in [2.05, 4.69) is 24.3 Å². The zero-order valence-corrected chi connectivity index (χ0v) is 22.1. The lowest BCUT2D eigenvalue weighted by atomic mass is 9.80. The minimum absolute atomic E-state index is 0.114. The van der Waals surface area contributed by atoms with Crippen molar-refractivity contribution in [3.05, 3.63) is 71.3 Å². The first-order chi connectivity index (χ1) is 16.6. The number of nitrogens with zero attached hydrogens (tertiary/aromatic N) is 2. The first-order valence-corrected chi connectivity index (χ1v) is 14.1. The van der Waals surface area contributed by atoms with Gasteiger partial charge in [0.25, 0.3) is 0 Å². The van der Waals surface area contributed by atoms with Crippen LogP contribution in [0.15, 0.2) is 54.6 Å². The van der Waals surface area contributed by atoms with Crippen molar-refractivity contribution in [3.63, 3.8) is 0 Å². The summed E-state index contributed by atoms with van der Waals surface area (Å²) in [7, 11) is -0.893. The van der Waals surface area contributed by atoms with E-state index in [-0.39, 0.29) is 12.1 Å². The number of carbonyl (C=O) groups is 1. The molecule has 0 spiro atoms. The van der Waals surface area contributed by atoms with E-state index in [4.69, 9.17) is 4.74 Å². The van der Waals surface area contributed by atoms with E-state index in [0.29, 0.717) is 25.3 Å². The Bertz CT molecular complexity index is 1030. The van der Waals surface area contributed by atoms with Gasteiger partial charge in [-0.25, -0.2) is 13.3 Å². The summed E-state index contributed by atoms with van der Waals surface area (Å²) < 4.78 is 19.9. The van der Waals surface area contributed by atoms with Crippen molar-refractivity contribution < 1.29 is 18.8 Å². The molecule has 3 atom stereocenters. The SMILES string of the molecule is C[C@@H](c1ccc(C2CCN(S(C)=O)CC2)cc1)N1CC[C@](CC(C)(C)O)(c2ccccc2)OC1=O. The van der Waals surface area contributed by atoms with Gasteiger partial charge in [-0.15, -0.1) is 0 Å². The standard InChI is InChI=1S/C28H38N2O4S/c1-21(22-10-12-23(13-11-22)24-14-17-29(18-15-24)35(4)33)30-19-16-28(34-26(30)31,20-27(2,3)32)25-8-6-5-7-9-25/h5-13,21,24,32H,14-20H2,1-4H3/t21-,28-,35?/m0/s1. The van der Waals surface area contributed by atoms with Crippen LogP contribution < -0.4 is 0 Å². The molecule has 2 aliphatic rings. The van der Waals surface area contributed by atoms with E-state index in [1.165, 1.54) is 5.56 Å². The fourth-order valence-corrected chi connectivity index (χ4v) is 6.29. The van der Waals surface area contributed by atoms with Crippen LogP contribution in [0.2, 0.25) is 0 Å². The van der Waals surface area contributed by atoms with Crippen LogP contribution in [-0.4, -0.2) is 56.1 Å². The molecule has 0 aromatic heterocycles. The third-order valence-corrected chi connectivity index (χ3v) is 8.56. The summed E-state index contributed by atoms with van der Waals surface area (Å²) in [6, 6.07) is 18.2. The van der Waals surface area contributed by atoms with Crippen LogP contribution in [0.5, 0.6) is 0 Å². The van der Waals surface area contributed by atoms with Crippen LogP contribution >= 0.6 is 0 Å². The summed E-state index contributed by atoms with van der Waals surface area (Å²) in [4.78, 5) is 15.1. The Morgan fingerprint density at radius 2 is 1.71 bits per heavy atom. The van der Waals surface area contributed by atoms with Gasteiger partial charge in [-0.2, -0.15) is 0 Å². The highest BCUT2D eigenvalue weighted by atomic mass is 32.2. The number of ether oxygens (including phenoxy) is 1. The number of carbonyl (C=O) groups excluding carboxylic acids is 1. The molecule has 0 radical (unpaired) electrons. The maximum atomic E-state index is 13.3. The smallest absolute Gasteiger partial charge is 0.411 e. The molecule has 2 heterocycles. The number of rotatable bonds is 7. The third kappa shape index (κ3) is 5.96. The first kappa shape index (κ1) is 25.9. The minimum Gasteiger partial charge on any atom is -0.438 e. The lowest BCUT2D eigenvalue weighted by molar-refractivity contribution is -0.101. The van der Waals surface area contributed by atoms with E-state index < -0.39 is 22.2 Å². The van der Waals surface area contributed by atoms with Gasteiger partial charge >= 0.3 is 6.09 Å². The maximum Gasteiger partial charge on any atom is 0.411 e. The number of piperidine rings is 1. The van der Waals surface area contributed by atoms with Crippen LogP contribution in [-0.2, 0) is 21.3 Å². The predicted molar refractivity (Wildman–Crippen MR) is 139 cm³/mol. The molecule has 1 amide bonds. The fourth-order valence-electron chi connectivity index (χ4n) is 5.56. The Balaban J connectivity index is 1.45. The lowest BCUT2D eigenvalue weighted by Gasteiger charge is -2.45. The van der Waals surface area contributed by atoms with Crippen molar-refractivity contribution in [3.8, 4) is 0 Å². The molecule has 35 heavy (non-hydrogen) atoms. The minimum atomic E-state index is -0.970. The van der Waals surface area contributed by atoms with Gasteiger partial charge in [0.2, 0.25) is 0 Å². The normalized spacial score (nSPS) is 24.1. The van der Waals surface area contributed by atoms with Crippen molar-refractivity contribution in [2.24, 2.45) is 0 Å². The molecule has 4 rings (SSSR count). The molecule has 0 saturated carbocycles. The molecular weight excluding hydrogens is 460 g/mol. The molecule has 2 aromatic rings. The quantitative estimate of drug-likeness (QED) is 0.575. The van der Waals surface area contributed by atoms with Crippen LogP contribution in [0, 0.1) is 0 Å². The van der Waals surface area contributed by atoms with Gasteiger partial charge in [-0.3, -0.25) is 0 Å². The zero-order chi connectivity index (χ0) is 25.2. The highest BCUT2D eigenvalue weighted by molar-refractivity contribution is 7.81. The molecule has 0 bridgehead atoms. The molecule has 190 valence electrons. The van der Waals surface area contributed by atoms with Crippen molar-refractivity contribution >= 4 is 17.1 Å². The van der Waals surface area contributed by atoms with Crippen LogP contribution in [0.3, 0.4) is 0 Å². The Labute approximate surface area is 211 Å². The van der Waals surface area contributed by atoms with Crippen molar-refractivity contribution in [1.82, 2.24) is 9.21 Å². The maximum absolute atomic E-state index is 13.3. The zero-order valence-electron chi connectivity index (χ0n) is 21.3. The highest BCUT2D eigenvalue weighted by Gasteiger charge is 2.46. The fraction of sp³-hybridized carbons (Fsp3) is 0.536. The molecular formula is C28H38N2O4S. The molecule has 0 aliphatic carbocycles. The van der Waals surface area contributed by atoms with Gasteiger partial charge < -0.3 is 14.7 Å². The average Bonchev–Trinajstić information content (AvgIpc) is 2.83. The second-order valence-electron chi connectivity index (χ2n) is 10.6. The van der Waals surface area contributed by atoms with Gasteiger partial charge in [0.15, 0.2) is 0 Å². The van der Waals surface area contributed by atoms with Crippen LogP contribution in [0.1, 0.15) is 75.1 Å². The van der Waals surface area contributed by atoms with E-state index in [1.54, 1.807) is 25.0 Å². The number of amides is 1. The Morgan fingerprint density at radius 1 is 1.09 bits per heavy atom. The van der Waals surface area contributed by atoms with Gasteiger partial charge in [-0.1, -0.05) is 54.6 Å². The highest BCUT2D eigenvalue weighted by Crippen LogP contribution is 2.42. The van der Waals surface area contributed by atoms with E-state index in [9.17, 15) is 14.1 Å². The molecule has 6 nitrogen and oxygen atoms in total.